The summed E-state index contributed by atoms with van der Waals surface area (Å²) in [6, 6.07) is 0.0525. The van der Waals surface area contributed by atoms with Gasteiger partial charge in [0.1, 0.15) is 11.6 Å². The van der Waals surface area contributed by atoms with Crippen molar-refractivity contribution in [2.24, 2.45) is 0 Å². The van der Waals surface area contributed by atoms with Crippen LogP contribution in [0.3, 0.4) is 0 Å². The molecule has 2 fully saturated rings. The Kier molecular flexibility index (Phi) is 5.86. The molecule has 23 heavy (non-hydrogen) atoms. The molecule has 7 nitrogen and oxygen atoms in total. The normalized spacial score (nSPS) is 26.3. The van der Waals surface area contributed by atoms with E-state index in [4.69, 9.17) is 9.47 Å². The van der Waals surface area contributed by atoms with Crippen molar-refractivity contribution < 1.29 is 19.1 Å². The molecule has 2 heterocycles. The van der Waals surface area contributed by atoms with Gasteiger partial charge in [-0.3, -0.25) is 15.1 Å². The van der Waals surface area contributed by atoms with Gasteiger partial charge in [-0.2, -0.15) is 0 Å². The zero-order valence-corrected chi connectivity index (χ0v) is 14.6. The van der Waals surface area contributed by atoms with E-state index in [2.05, 4.69) is 10.3 Å². The van der Waals surface area contributed by atoms with Crippen molar-refractivity contribution in [3.05, 3.63) is 0 Å². The molecule has 2 saturated heterocycles. The summed E-state index contributed by atoms with van der Waals surface area (Å²) in [6.45, 7) is 8.00. The first-order valence-corrected chi connectivity index (χ1v) is 8.38. The van der Waals surface area contributed by atoms with E-state index in [1.54, 1.807) is 0 Å². The van der Waals surface area contributed by atoms with Crippen LogP contribution in [0.15, 0.2) is 0 Å². The molecule has 0 aromatic rings. The predicted octanol–water partition coefficient (Wildman–Crippen LogP) is 1.53. The Morgan fingerprint density at radius 2 is 1.87 bits per heavy atom. The number of amides is 1. The van der Waals surface area contributed by atoms with Gasteiger partial charge in [-0.25, -0.2) is 9.80 Å². The number of hydrogen-bond acceptors (Lipinski definition) is 6. The Balaban J connectivity index is 1.89. The molecule has 0 bridgehead atoms. The fraction of sp³-hybridized carbons (Fsp3) is 0.875. The van der Waals surface area contributed by atoms with E-state index in [0.717, 1.165) is 45.3 Å². The Labute approximate surface area is 138 Å². The van der Waals surface area contributed by atoms with Crippen molar-refractivity contribution in [3.8, 4) is 0 Å². The molecule has 0 spiro atoms. The van der Waals surface area contributed by atoms with E-state index >= 15 is 0 Å². The molecule has 2 aliphatic rings. The van der Waals surface area contributed by atoms with Crippen LogP contribution in [0.2, 0.25) is 0 Å². The minimum atomic E-state index is -0.510. The molecule has 2 atom stereocenters. The largest absolute Gasteiger partial charge is 0.468 e. The van der Waals surface area contributed by atoms with E-state index in [9.17, 15) is 9.59 Å². The third kappa shape index (κ3) is 5.07. The number of nitrogens with one attached hydrogen (secondary N) is 1. The van der Waals surface area contributed by atoms with Gasteiger partial charge in [0.2, 0.25) is 0 Å². The van der Waals surface area contributed by atoms with Crippen LogP contribution in [0.4, 0.5) is 4.79 Å². The third-order valence-electron chi connectivity index (χ3n) is 4.29. The van der Waals surface area contributed by atoms with Crippen LogP contribution in [0.5, 0.6) is 0 Å². The lowest BCUT2D eigenvalue weighted by Gasteiger charge is -2.31. The summed E-state index contributed by atoms with van der Waals surface area (Å²) < 4.78 is 10.2. The highest BCUT2D eigenvalue weighted by Crippen LogP contribution is 2.23. The third-order valence-corrected chi connectivity index (χ3v) is 4.29. The van der Waals surface area contributed by atoms with Gasteiger partial charge >= 0.3 is 12.1 Å². The molecule has 0 unspecified atom stereocenters. The van der Waals surface area contributed by atoms with Crippen LogP contribution < -0.4 is 5.43 Å². The minimum absolute atomic E-state index is 0.149. The lowest BCUT2D eigenvalue weighted by molar-refractivity contribution is -0.146. The first kappa shape index (κ1) is 18.0. The molecule has 2 rings (SSSR count). The number of ether oxygens (including phenoxy) is 2. The maximum Gasteiger partial charge on any atom is 0.422 e. The molecule has 1 N–H and O–H groups in total. The smallest absolute Gasteiger partial charge is 0.422 e. The van der Waals surface area contributed by atoms with Gasteiger partial charge in [-0.05, 0) is 53.0 Å². The molecule has 0 aromatic carbocycles. The second-order valence-corrected chi connectivity index (χ2v) is 7.28. The average Bonchev–Trinajstić information content (AvgIpc) is 3.06. The molecule has 132 valence electrons. The van der Waals surface area contributed by atoms with Crippen molar-refractivity contribution in [1.82, 2.24) is 15.3 Å². The molecular formula is C16H29N3O4. The molecule has 0 aromatic heterocycles. The van der Waals surface area contributed by atoms with Gasteiger partial charge in [-0.1, -0.05) is 0 Å². The summed E-state index contributed by atoms with van der Waals surface area (Å²) in [5.41, 5.74) is 2.34. The molecule has 2 aliphatic heterocycles. The van der Waals surface area contributed by atoms with Gasteiger partial charge in [0.25, 0.3) is 0 Å². The zero-order chi connectivity index (χ0) is 17.0. The van der Waals surface area contributed by atoms with Crippen LogP contribution in [0.25, 0.3) is 0 Å². The number of rotatable bonds is 4. The lowest BCUT2D eigenvalue weighted by atomic mass is 10.2. The Bertz CT molecular complexity index is 436. The molecule has 0 radical (unpaired) electrons. The minimum Gasteiger partial charge on any atom is -0.468 e. The molecule has 7 heteroatoms. The Hall–Kier alpha value is -1.34. The van der Waals surface area contributed by atoms with Crippen LogP contribution in [0.1, 0.15) is 46.5 Å². The summed E-state index contributed by atoms with van der Waals surface area (Å²) in [7, 11) is 1.44. The molecular weight excluding hydrogens is 298 g/mol. The SMILES string of the molecule is COC(=O)[C@@H]1CCCN1C[C@@H]1CCCN1NC(=O)OC(C)(C)C. The number of hydrogen-bond donors (Lipinski definition) is 1. The second kappa shape index (κ2) is 7.49. The summed E-state index contributed by atoms with van der Waals surface area (Å²) in [4.78, 5) is 26.0. The van der Waals surface area contributed by atoms with E-state index < -0.39 is 11.7 Å². The highest BCUT2D eigenvalue weighted by atomic mass is 16.6. The van der Waals surface area contributed by atoms with Crippen molar-refractivity contribution in [2.45, 2.75) is 64.1 Å². The Morgan fingerprint density at radius 3 is 2.52 bits per heavy atom. The van der Waals surface area contributed by atoms with Crippen LogP contribution in [-0.2, 0) is 14.3 Å². The quantitative estimate of drug-likeness (QED) is 0.790. The summed E-state index contributed by atoms with van der Waals surface area (Å²) >= 11 is 0. The summed E-state index contributed by atoms with van der Waals surface area (Å²) in [6.07, 6.45) is 3.46. The van der Waals surface area contributed by atoms with Crippen LogP contribution in [0, 0.1) is 0 Å². The van der Waals surface area contributed by atoms with Crippen molar-refractivity contribution >= 4 is 12.1 Å². The van der Waals surface area contributed by atoms with Gasteiger partial charge in [-0.15, -0.1) is 0 Å². The lowest BCUT2D eigenvalue weighted by Crippen LogP contribution is -2.52. The van der Waals surface area contributed by atoms with Crippen molar-refractivity contribution in [1.29, 1.82) is 0 Å². The first-order chi connectivity index (χ1) is 10.8. The van der Waals surface area contributed by atoms with Gasteiger partial charge in [0.15, 0.2) is 0 Å². The number of carbonyl (C=O) groups excluding carboxylic acids is 2. The fourth-order valence-electron chi connectivity index (χ4n) is 3.31. The van der Waals surface area contributed by atoms with E-state index in [1.165, 1.54) is 7.11 Å². The van der Waals surface area contributed by atoms with E-state index in [1.807, 2.05) is 25.8 Å². The molecule has 0 saturated carbocycles. The van der Waals surface area contributed by atoms with Gasteiger partial charge in [0, 0.05) is 19.1 Å². The van der Waals surface area contributed by atoms with Crippen molar-refractivity contribution in [3.63, 3.8) is 0 Å². The second-order valence-electron chi connectivity index (χ2n) is 7.28. The molecule has 0 aliphatic carbocycles. The number of esters is 1. The van der Waals surface area contributed by atoms with Crippen LogP contribution in [-0.4, -0.2) is 66.4 Å². The standard InChI is InChI=1S/C16H29N3O4/c1-16(2,3)23-15(21)17-19-10-5-7-12(19)11-18-9-6-8-13(18)14(20)22-4/h12-13H,5-11H2,1-4H3,(H,17,21)/t12-,13-/m0/s1. The average molecular weight is 327 g/mol. The number of hydrazine groups is 1. The van der Waals surface area contributed by atoms with E-state index in [0.29, 0.717) is 0 Å². The maximum absolute atomic E-state index is 12.0. The Morgan fingerprint density at radius 1 is 1.17 bits per heavy atom. The highest BCUT2D eigenvalue weighted by molar-refractivity contribution is 5.76. The number of carbonyl (C=O) groups is 2. The molecule has 1 amide bonds. The summed E-state index contributed by atoms with van der Waals surface area (Å²) in [5.74, 6) is -0.160. The highest BCUT2D eigenvalue weighted by Gasteiger charge is 2.36. The predicted molar refractivity (Wildman–Crippen MR) is 85.7 cm³/mol. The van der Waals surface area contributed by atoms with Crippen molar-refractivity contribution in [2.75, 3.05) is 26.7 Å². The maximum atomic E-state index is 12.0. The van der Waals surface area contributed by atoms with E-state index in [-0.39, 0.29) is 18.1 Å². The number of methoxy groups -OCH3 is 1. The fourth-order valence-corrected chi connectivity index (χ4v) is 3.31. The first-order valence-electron chi connectivity index (χ1n) is 8.38. The van der Waals surface area contributed by atoms with Crippen LogP contribution >= 0.6 is 0 Å². The number of nitrogens with zero attached hydrogens (tertiary/aromatic N) is 2. The zero-order valence-electron chi connectivity index (χ0n) is 14.6. The topological polar surface area (TPSA) is 71.1 Å². The summed E-state index contributed by atoms with van der Waals surface area (Å²) in [5, 5.41) is 1.95. The number of likely N-dealkylation sites (tertiary alicyclic amines) is 1. The van der Waals surface area contributed by atoms with Gasteiger partial charge < -0.3 is 9.47 Å². The van der Waals surface area contributed by atoms with Gasteiger partial charge in [0.05, 0.1) is 7.11 Å². The monoisotopic (exact) mass is 327 g/mol.